The van der Waals surface area contributed by atoms with Crippen LogP contribution in [0.2, 0.25) is 0 Å². The molecule has 3 aromatic carbocycles. The molecule has 4 rings (SSSR count). The molecule has 0 bridgehead atoms. The summed E-state index contributed by atoms with van der Waals surface area (Å²) >= 11 is 0. The largest absolute Gasteiger partial charge is 0.494 e. The van der Waals surface area contributed by atoms with Crippen LogP contribution in [0.25, 0.3) is 0 Å². The van der Waals surface area contributed by atoms with Crippen LogP contribution >= 0.6 is 0 Å². The Morgan fingerprint density at radius 1 is 0.946 bits per heavy atom. The van der Waals surface area contributed by atoms with E-state index in [0.717, 1.165) is 30.4 Å². The van der Waals surface area contributed by atoms with Crippen molar-refractivity contribution in [2.75, 3.05) is 13.4 Å². The van der Waals surface area contributed by atoms with Crippen molar-refractivity contribution in [2.45, 2.75) is 50.3 Å². The first-order valence-electron chi connectivity index (χ1n) is 12.2. The molecule has 0 saturated carbocycles. The van der Waals surface area contributed by atoms with Gasteiger partial charge in [-0.1, -0.05) is 50.6 Å². The molecular formula is C28H31KNO6S. The predicted octanol–water partition coefficient (Wildman–Crippen LogP) is 4.61. The fourth-order valence-electron chi connectivity index (χ4n) is 4.10. The summed E-state index contributed by atoms with van der Waals surface area (Å²) in [5.41, 5.74) is 2.53. The van der Waals surface area contributed by atoms with Gasteiger partial charge in [-0.15, -0.1) is 0 Å². The molecule has 1 amide bonds. The first kappa shape index (κ1) is 29.7. The average Bonchev–Trinajstić information content (AvgIpc) is 3.34. The van der Waals surface area contributed by atoms with E-state index in [0.29, 0.717) is 29.4 Å². The SMILES string of the molecule is CCCOc1cccc(CC(C(=O)NS(=O)(=O)c2ccc(CCC)cc2)c2ccc3c(c2)OCO3)c1.[K]. The molecule has 3 aromatic rings. The van der Waals surface area contributed by atoms with E-state index in [1.54, 1.807) is 30.3 Å². The van der Waals surface area contributed by atoms with Crippen LogP contribution < -0.4 is 18.9 Å². The minimum Gasteiger partial charge on any atom is -0.494 e. The number of carbonyl (C=O) groups is 1. The zero-order valence-electron chi connectivity index (χ0n) is 21.5. The van der Waals surface area contributed by atoms with Crippen molar-refractivity contribution in [1.29, 1.82) is 0 Å². The number of ether oxygens (including phenoxy) is 3. The molecule has 191 valence electrons. The second-order valence-electron chi connectivity index (χ2n) is 8.73. The Kier molecular flexibility index (Phi) is 11.0. The molecule has 7 nitrogen and oxygen atoms in total. The van der Waals surface area contributed by atoms with Gasteiger partial charge in [0.15, 0.2) is 11.5 Å². The molecule has 9 heteroatoms. The average molecular weight is 549 g/mol. The summed E-state index contributed by atoms with van der Waals surface area (Å²) in [5.74, 6) is 0.424. The Balaban J connectivity index is 0.00000380. The van der Waals surface area contributed by atoms with Crippen LogP contribution in [0.3, 0.4) is 0 Å². The van der Waals surface area contributed by atoms with Crippen molar-refractivity contribution in [1.82, 2.24) is 4.72 Å². The quantitative estimate of drug-likeness (QED) is 0.352. The second-order valence-corrected chi connectivity index (χ2v) is 10.4. The number of carbonyl (C=O) groups excluding carboxylic acids is 1. The maximum atomic E-state index is 13.5. The third-order valence-corrected chi connectivity index (χ3v) is 7.30. The fourth-order valence-corrected chi connectivity index (χ4v) is 5.12. The predicted molar refractivity (Wildman–Crippen MR) is 143 cm³/mol. The Bertz CT molecular complexity index is 1310. The molecule has 37 heavy (non-hydrogen) atoms. The molecule has 0 aromatic heterocycles. The summed E-state index contributed by atoms with van der Waals surface area (Å²) in [7, 11) is -4.05. The van der Waals surface area contributed by atoms with Crippen LogP contribution in [0.5, 0.6) is 17.2 Å². The Labute approximate surface area is 261 Å². The van der Waals surface area contributed by atoms with Crippen LogP contribution in [0.1, 0.15) is 49.3 Å². The standard InChI is InChI=1S/C28H31NO6S.K/c1-3-6-20-9-12-24(13-10-20)36(31,32)29-28(30)25(22-11-14-26-27(18-22)35-19-34-26)17-21-7-5-8-23(16-21)33-15-4-2;/h5,7-14,16,18,25H,3-4,6,15,17,19H2,1-2H3,(H,29,30);. The van der Waals surface area contributed by atoms with Crippen LogP contribution in [-0.4, -0.2) is 79.1 Å². The molecule has 0 aliphatic carbocycles. The van der Waals surface area contributed by atoms with Crippen molar-refractivity contribution in [3.63, 3.8) is 0 Å². The van der Waals surface area contributed by atoms with Gasteiger partial charge in [0.25, 0.3) is 10.0 Å². The molecule has 1 aliphatic rings. The van der Waals surface area contributed by atoms with Gasteiger partial charge < -0.3 is 14.2 Å². The minimum atomic E-state index is -4.05. The number of rotatable bonds is 11. The van der Waals surface area contributed by atoms with Crippen LogP contribution in [-0.2, 0) is 27.7 Å². The molecule has 1 atom stereocenters. The van der Waals surface area contributed by atoms with Crippen LogP contribution in [0.4, 0.5) is 0 Å². The van der Waals surface area contributed by atoms with Crippen molar-refractivity contribution in [3.05, 3.63) is 83.4 Å². The smallest absolute Gasteiger partial charge is 0.264 e. The van der Waals surface area contributed by atoms with Crippen LogP contribution in [0, 0.1) is 0 Å². The van der Waals surface area contributed by atoms with E-state index in [2.05, 4.69) is 11.6 Å². The molecular weight excluding hydrogens is 517 g/mol. The molecule has 1 aliphatic heterocycles. The van der Waals surface area contributed by atoms with E-state index < -0.39 is 21.8 Å². The molecule has 0 saturated heterocycles. The first-order chi connectivity index (χ1) is 17.4. The number of fused-ring (bicyclic) bond motifs is 1. The minimum absolute atomic E-state index is 0. The van der Waals surface area contributed by atoms with Gasteiger partial charge in [-0.3, -0.25) is 4.79 Å². The topological polar surface area (TPSA) is 90.9 Å². The van der Waals surface area contributed by atoms with E-state index in [9.17, 15) is 13.2 Å². The Morgan fingerprint density at radius 3 is 2.43 bits per heavy atom. The third kappa shape index (κ3) is 7.81. The number of amides is 1. The summed E-state index contributed by atoms with van der Waals surface area (Å²) in [6.45, 7) is 4.79. The zero-order chi connectivity index (χ0) is 25.5. The van der Waals surface area contributed by atoms with E-state index in [4.69, 9.17) is 14.2 Å². The number of hydrogen-bond donors (Lipinski definition) is 1. The summed E-state index contributed by atoms with van der Waals surface area (Å²) in [6.07, 6.45) is 2.98. The molecule has 1 heterocycles. The number of aryl methyl sites for hydroxylation is 1. The summed E-state index contributed by atoms with van der Waals surface area (Å²) in [5, 5.41) is 0. The number of hydrogen-bond acceptors (Lipinski definition) is 6. The van der Waals surface area contributed by atoms with Crippen molar-refractivity contribution < 1.29 is 27.4 Å². The van der Waals surface area contributed by atoms with Gasteiger partial charge in [0.05, 0.1) is 17.4 Å². The third-order valence-electron chi connectivity index (χ3n) is 5.93. The Morgan fingerprint density at radius 2 is 1.70 bits per heavy atom. The number of benzene rings is 3. The van der Waals surface area contributed by atoms with Crippen LogP contribution in [0.15, 0.2) is 71.6 Å². The van der Waals surface area contributed by atoms with Crippen molar-refractivity contribution in [2.24, 2.45) is 0 Å². The zero-order valence-corrected chi connectivity index (χ0v) is 25.5. The van der Waals surface area contributed by atoms with Gasteiger partial charge >= 0.3 is 0 Å². The monoisotopic (exact) mass is 548 g/mol. The molecule has 1 radical (unpaired) electrons. The number of sulfonamides is 1. The van der Waals surface area contributed by atoms with Gasteiger partial charge in [0.2, 0.25) is 12.7 Å². The molecule has 0 spiro atoms. The molecule has 1 N–H and O–H groups in total. The van der Waals surface area contributed by atoms with Gasteiger partial charge in [0, 0.05) is 51.4 Å². The summed E-state index contributed by atoms with van der Waals surface area (Å²) < 4.78 is 45.0. The summed E-state index contributed by atoms with van der Waals surface area (Å²) in [6, 6.07) is 19.4. The fraction of sp³-hybridized carbons (Fsp3) is 0.321. The maximum absolute atomic E-state index is 13.5. The molecule has 0 fully saturated rings. The van der Waals surface area contributed by atoms with E-state index >= 15 is 0 Å². The maximum Gasteiger partial charge on any atom is 0.264 e. The van der Waals surface area contributed by atoms with Gasteiger partial charge in [0.1, 0.15) is 5.75 Å². The van der Waals surface area contributed by atoms with Gasteiger partial charge in [-0.05, 0) is 72.4 Å². The number of nitrogens with one attached hydrogen (secondary N) is 1. The molecule has 1 unspecified atom stereocenters. The van der Waals surface area contributed by atoms with Gasteiger partial charge in [-0.2, -0.15) is 0 Å². The van der Waals surface area contributed by atoms with E-state index in [1.807, 2.05) is 31.2 Å². The van der Waals surface area contributed by atoms with Gasteiger partial charge in [-0.25, -0.2) is 13.1 Å². The van der Waals surface area contributed by atoms with Crippen molar-refractivity contribution >= 4 is 67.3 Å². The first-order valence-corrected chi connectivity index (χ1v) is 13.6. The Hall–Kier alpha value is -1.88. The van der Waals surface area contributed by atoms with Crippen molar-refractivity contribution in [3.8, 4) is 17.2 Å². The van der Waals surface area contributed by atoms with E-state index in [-0.39, 0.29) is 69.5 Å². The summed E-state index contributed by atoms with van der Waals surface area (Å²) in [4.78, 5) is 13.5. The second kappa shape index (κ2) is 13.8. The van der Waals surface area contributed by atoms with E-state index in [1.165, 1.54) is 12.1 Å². The normalized spacial score (nSPS) is 12.9.